The molecule has 2 aliphatic rings. The molecule has 0 fully saturated rings. The quantitative estimate of drug-likeness (QED) is 0.168. The number of aromatic nitrogens is 2. The molecule has 2 atom stereocenters. The Labute approximate surface area is 349 Å². The van der Waals surface area contributed by atoms with Crippen LogP contribution in [-0.4, -0.2) is 21.5 Å². The van der Waals surface area contributed by atoms with Gasteiger partial charge in [-0.15, -0.1) is 0 Å². The second-order valence-electron chi connectivity index (χ2n) is 15.2. The number of benzene rings is 6. The second kappa shape index (κ2) is 15.1. The van der Waals surface area contributed by atoms with Gasteiger partial charge in [-0.3, -0.25) is 19.6 Å². The molecule has 0 saturated carbocycles. The summed E-state index contributed by atoms with van der Waals surface area (Å²) in [5.74, 6) is 14.5. The summed E-state index contributed by atoms with van der Waals surface area (Å²) in [5, 5.41) is 0. The maximum Gasteiger partial charge on any atom is 0.167 e. The predicted octanol–water partition coefficient (Wildman–Crippen LogP) is 10.4. The summed E-state index contributed by atoms with van der Waals surface area (Å²) in [4.78, 5) is 37.8. The van der Waals surface area contributed by atoms with Gasteiger partial charge in [-0.1, -0.05) is 169 Å². The molecule has 0 saturated heterocycles. The van der Waals surface area contributed by atoms with E-state index in [9.17, 15) is 9.59 Å². The molecular weight excluding hydrogens is 733 g/mol. The predicted molar refractivity (Wildman–Crippen MR) is 236 cm³/mol. The van der Waals surface area contributed by atoms with Gasteiger partial charge in [-0.2, -0.15) is 0 Å². The molecule has 2 heterocycles. The SMILES string of the molecule is O=C1Cc2ccccc2C(C#Cc2ccccc2)(c2ccc(-c3ccc(C4(C#Cc5ccccc5)c5ccccc5CC(=O)c5ccccc54)cn3)nc2)c2ccccc21. The van der Waals surface area contributed by atoms with Gasteiger partial charge in [0, 0.05) is 47.5 Å². The van der Waals surface area contributed by atoms with Crippen molar-refractivity contribution in [3.05, 3.63) is 261 Å². The van der Waals surface area contributed by atoms with Gasteiger partial charge in [-0.25, -0.2) is 0 Å². The second-order valence-corrected chi connectivity index (χ2v) is 15.2. The Kier molecular flexibility index (Phi) is 9.17. The lowest BCUT2D eigenvalue weighted by Gasteiger charge is -2.32. The van der Waals surface area contributed by atoms with Gasteiger partial charge in [0.25, 0.3) is 0 Å². The average Bonchev–Trinajstić information content (AvgIpc) is 3.49. The number of rotatable bonds is 3. The van der Waals surface area contributed by atoms with Gasteiger partial charge in [0.1, 0.15) is 10.8 Å². The maximum atomic E-state index is 13.9. The highest BCUT2D eigenvalue weighted by atomic mass is 16.1. The van der Waals surface area contributed by atoms with E-state index in [2.05, 4.69) is 47.9 Å². The van der Waals surface area contributed by atoms with Crippen molar-refractivity contribution >= 4 is 11.6 Å². The summed E-state index contributed by atoms with van der Waals surface area (Å²) in [6, 6.07) is 59.9. The molecular formula is C56H36N2O2. The van der Waals surface area contributed by atoms with Crippen LogP contribution in [0.25, 0.3) is 11.4 Å². The summed E-state index contributed by atoms with van der Waals surface area (Å²) in [6.45, 7) is 0. The van der Waals surface area contributed by atoms with Gasteiger partial charge in [0.15, 0.2) is 11.6 Å². The lowest BCUT2D eigenvalue weighted by molar-refractivity contribution is 0.0984. The number of ketones is 2. The molecule has 10 rings (SSSR count). The van der Waals surface area contributed by atoms with Crippen molar-refractivity contribution in [2.45, 2.75) is 23.7 Å². The summed E-state index contributed by atoms with van der Waals surface area (Å²) in [6.07, 6.45) is 4.32. The van der Waals surface area contributed by atoms with Crippen molar-refractivity contribution in [2.24, 2.45) is 0 Å². The Bertz CT molecular complexity index is 2860. The number of pyridine rings is 2. The van der Waals surface area contributed by atoms with Crippen LogP contribution in [0.5, 0.6) is 0 Å². The zero-order valence-electron chi connectivity index (χ0n) is 32.6. The summed E-state index contributed by atoms with van der Waals surface area (Å²) in [5.41, 5.74) is 9.67. The first-order valence-corrected chi connectivity index (χ1v) is 20.1. The average molecular weight is 769 g/mol. The van der Waals surface area contributed by atoms with Gasteiger partial charge in [-0.05, 0) is 80.9 Å². The van der Waals surface area contributed by atoms with E-state index >= 15 is 0 Å². The minimum atomic E-state index is -0.987. The Hall–Kier alpha value is -7.92. The lowest BCUT2D eigenvalue weighted by Crippen LogP contribution is -2.29. The molecule has 2 aliphatic carbocycles. The van der Waals surface area contributed by atoms with Crippen molar-refractivity contribution < 1.29 is 9.59 Å². The number of carbonyl (C=O) groups excluding carboxylic acids is 2. The monoisotopic (exact) mass is 768 g/mol. The van der Waals surface area contributed by atoms with Crippen molar-refractivity contribution in [1.82, 2.24) is 9.97 Å². The Balaban J connectivity index is 1.13. The first-order chi connectivity index (χ1) is 29.5. The molecule has 0 N–H and O–H groups in total. The molecule has 8 aromatic rings. The summed E-state index contributed by atoms with van der Waals surface area (Å²) in [7, 11) is 0. The molecule has 0 bridgehead atoms. The Morgan fingerprint density at radius 1 is 0.383 bits per heavy atom. The van der Waals surface area contributed by atoms with E-state index in [0.717, 1.165) is 55.6 Å². The van der Waals surface area contributed by atoms with Crippen molar-refractivity contribution in [1.29, 1.82) is 0 Å². The van der Waals surface area contributed by atoms with E-state index in [-0.39, 0.29) is 24.4 Å². The number of hydrogen-bond acceptors (Lipinski definition) is 4. The van der Waals surface area contributed by atoms with E-state index in [4.69, 9.17) is 9.97 Å². The standard InChI is InChI=1S/C56H36N2O2/c59-53-35-41-19-7-11-23-47(41)55(49-25-13-9-21-45(49)53,33-31-39-15-3-1-4-16-39)43-27-29-51(57-37-43)52-30-28-44(38-58-52)56(34-32-40-17-5-2-6-18-40)48-24-12-8-20-42(48)36-54(60)46-22-10-14-26-50(46)56/h1-30,37-38H,35-36H2. The molecule has 6 aromatic carbocycles. The van der Waals surface area contributed by atoms with Crippen LogP contribution < -0.4 is 0 Å². The van der Waals surface area contributed by atoms with Crippen LogP contribution in [0.1, 0.15) is 76.4 Å². The first kappa shape index (κ1) is 36.4. The van der Waals surface area contributed by atoms with Crippen LogP contribution in [0.2, 0.25) is 0 Å². The third-order valence-corrected chi connectivity index (χ3v) is 11.8. The number of carbonyl (C=O) groups is 2. The summed E-state index contributed by atoms with van der Waals surface area (Å²) < 4.78 is 0. The molecule has 4 nitrogen and oxygen atoms in total. The van der Waals surface area contributed by atoms with E-state index in [1.54, 1.807) is 0 Å². The molecule has 2 aromatic heterocycles. The minimum Gasteiger partial charge on any atom is -0.294 e. The molecule has 4 heteroatoms. The fourth-order valence-electron chi connectivity index (χ4n) is 8.96. The van der Waals surface area contributed by atoms with Gasteiger partial charge in [0.05, 0.1) is 11.4 Å². The highest BCUT2D eigenvalue weighted by Gasteiger charge is 2.43. The number of Topliss-reactive ketones (excluding diaryl/α,β-unsaturated/α-hetero) is 2. The highest BCUT2D eigenvalue weighted by molar-refractivity contribution is 6.02. The van der Waals surface area contributed by atoms with E-state index in [0.29, 0.717) is 22.5 Å². The zero-order valence-corrected chi connectivity index (χ0v) is 32.6. The molecule has 60 heavy (non-hydrogen) atoms. The van der Waals surface area contributed by atoms with Gasteiger partial charge in [0.2, 0.25) is 0 Å². The largest absolute Gasteiger partial charge is 0.294 e. The minimum absolute atomic E-state index is 0.0600. The van der Waals surface area contributed by atoms with Crippen LogP contribution in [0.15, 0.2) is 194 Å². The molecule has 0 radical (unpaired) electrons. The van der Waals surface area contributed by atoms with Gasteiger partial charge < -0.3 is 0 Å². The lowest BCUT2D eigenvalue weighted by atomic mass is 9.68. The fourth-order valence-corrected chi connectivity index (χ4v) is 8.96. The van der Waals surface area contributed by atoms with Crippen LogP contribution in [0.3, 0.4) is 0 Å². The van der Waals surface area contributed by atoms with Crippen molar-refractivity contribution in [3.8, 4) is 35.1 Å². The van der Waals surface area contributed by atoms with E-state index in [1.165, 1.54) is 0 Å². The zero-order chi connectivity index (χ0) is 40.5. The van der Waals surface area contributed by atoms with Crippen LogP contribution in [0, 0.1) is 23.7 Å². The third kappa shape index (κ3) is 6.15. The normalized spacial score (nSPS) is 17.5. The van der Waals surface area contributed by atoms with Crippen LogP contribution >= 0.6 is 0 Å². The molecule has 0 aliphatic heterocycles. The molecule has 0 spiro atoms. The van der Waals surface area contributed by atoms with Crippen LogP contribution in [0.4, 0.5) is 0 Å². The van der Waals surface area contributed by atoms with Crippen molar-refractivity contribution in [3.63, 3.8) is 0 Å². The molecule has 282 valence electrons. The third-order valence-electron chi connectivity index (χ3n) is 11.8. The van der Waals surface area contributed by atoms with Crippen molar-refractivity contribution in [2.75, 3.05) is 0 Å². The Morgan fingerprint density at radius 2 is 0.750 bits per heavy atom. The first-order valence-electron chi connectivity index (χ1n) is 20.1. The number of fused-ring (bicyclic) bond motifs is 4. The maximum absolute atomic E-state index is 13.9. The van der Waals surface area contributed by atoms with E-state index in [1.807, 2.05) is 170 Å². The molecule has 0 amide bonds. The highest BCUT2D eigenvalue weighted by Crippen LogP contribution is 2.46. The van der Waals surface area contributed by atoms with Crippen LogP contribution in [-0.2, 0) is 23.7 Å². The number of nitrogens with zero attached hydrogens (tertiary/aromatic N) is 2. The fraction of sp³-hybridized carbons (Fsp3) is 0.0714. The van der Waals surface area contributed by atoms with Gasteiger partial charge >= 0.3 is 0 Å². The number of hydrogen-bond donors (Lipinski definition) is 0. The topological polar surface area (TPSA) is 59.9 Å². The Morgan fingerprint density at radius 3 is 1.15 bits per heavy atom. The summed E-state index contributed by atoms with van der Waals surface area (Å²) >= 11 is 0. The molecule has 2 unspecified atom stereocenters. The smallest absolute Gasteiger partial charge is 0.167 e. The van der Waals surface area contributed by atoms with E-state index < -0.39 is 10.8 Å².